The average Bonchev–Trinajstić information content (AvgIpc) is 3.76. The molecule has 1 aliphatic rings. The summed E-state index contributed by atoms with van der Waals surface area (Å²) in [6.45, 7) is 4.83. The van der Waals surface area contributed by atoms with Gasteiger partial charge < -0.3 is 0 Å². The van der Waals surface area contributed by atoms with Gasteiger partial charge in [-0.3, -0.25) is 0 Å². The summed E-state index contributed by atoms with van der Waals surface area (Å²) in [7, 11) is 0. The molecule has 12 rings (SSSR count). The molecule has 11 aromatic rings. The Kier molecular flexibility index (Phi) is 7.25. The zero-order valence-corrected chi connectivity index (χ0v) is 33.2. The fraction of sp³-hybridized carbons (Fsp3) is 0.0526. The third kappa shape index (κ3) is 4.87. The molecule has 1 aliphatic carbocycles. The Morgan fingerprint density at radius 2 is 0.879 bits per heavy atom. The lowest BCUT2D eigenvalue weighted by atomic mass is 9.78. The fourth-order valence-corrected chi connectivity index (χ4v) is 11.4. The van der Waals surface area contributed by atoms with Crippen molar-refractivity contribution in [2.45, 2.75) is 19.3 Å². The Labute approximate surface area is 342 Å². The average molecular weight is 755 g/mol. The van der Waals surface area contributed by atoms with Crippen LogP contribution in [0.2, 0.25) is 0 Å². The van der Waals surface area contributed by atoms with Crippen molar-refractivity contribution in [1.82, 2.24) is 0 Å². The highest BCUT2D eigenvalue weighted by Gasteiger charge is 2.39. The molecule has 0 saturated heterocycles. The molecule has 58 heavy (non-hydrogen) atoms. The molecule has 0 spiro atoms. The van der Waals surface area contributed by atoms with Gasteiger partial charge in [-0.05, 0) is 124 Å². The standard InChI is InChI=1S/C57H38S/c1-57(2)50-25-12-10-19-42(50)48-34-49-43-20-11-13-26-51(43)58-56(49)54(55(48)57)39-18-14-17-38(32-39)52-44-21-6-8-23-46(44)53(47-24-9-7-22-45(47)52)40-30-28-36-27-29-37(31-41(36)33-40)35-15-4-3-5-16-35/h3-34H,1-2H3. The monoisotopic (exact) mass is 754 g/mol. The summed E-state index contributed by atoms with van der Waals surface area (Å²) < 4.78 is 2.71. The second-order valence-electron chi connectivity index (χ2n) is 16.4. The van der Waals surface area contributed by atoms with E-state index in [4.69, 9.17) is 0 Å². The lowest BCUT2D eigenvalue weighted by molar-refractivity contribution is 0.663. The van der Waals surface area contributed by atoms with E-state index in [-0.39, 0.29) is 5.41 Å². The first-order chi connectivity index (χ1) is 28.5. The van der Waals surface area contributed by atoms with Gasteiger partial charge in [0.15, 0.2) is 0 Å². The predicted octanol–water partition coefficient (Wildman–Crippen LogP) is 16.5. The first kappa shape index (κ1) is 33.4. The second kappa shape index (κ2) is 12.6. The largest absolute Gasteiger partial charge is 0.135 e. The molecule has 272 valence electrons. The van der Waals surface area contributed by atoms with Crippen molar-refractivity contribution in [2.24, 2.45) is 0 Å². The van der Waals surface area contributed by atoms with Crippen molar-refractivity contribution in [3.63, 3.8) is 0 Å². The number of fused-ring (bicyclic) bond motifs is 9. The van der Waals surface area contributed by atoms with Crippen LogP contribution in [-0.4, -0.2) is 0 Å². The van der Waals surface area contributed by atoms with Gasteiger partial charge in [-0.15, -0.1) is 11.3 Å². The molecule has 0 unspecified atom stereocenters. The topological polar surface area (TPSA) is 0 Å². The maximum absolute atomic E-state index is 2.49. The zero-order chi connectivity index (χ0) is 38.5. The smallest absolute Gasteiger partial charge is 0.0437 e. The van der Waals surface area contributed by atoms with Gasteiger partial charge in [-0.25, -0.2) is 0 Å². The molecule has 0 bridgehead atoms. The molecule has 10 aromatic carbocycles. The minimum atomic E-state index is -0.148. The Morgan fingerprint density at radius 1 is 0.345 bits per heavy atom. The molecule has 1 heterocycles. The van der Waals surface area contributed by atoms with Crippen LogP contribution in [0.5, 0.6) is 0 Å². The summed E-state index contributed by atoms with van der Waals surface area (Å²) in [5.74, 6) is 0. The van der Waals surface area contributed by atoms with Crippen LogP contribution in [0.4, 0.5) is 0 Å². The lowest BCUT2D eigenvalue weighted by Crippen LogP contribution is -2.16. The van der Waals surface area contributed by atoms with Crippen molar-refractivity contribution in [3.05, 3.63) is 205 Å². The lowest BCUT2D eigenvalue weighted by Gasteiger charge is -2.25. The van der Waals surface area contributed by atoms with Crippen molar-refractivity contribution >= 4 is 63.8 Å². The van der Waals surface area contributed by atoms with Gasteiger partial charge in [-0.2, -0.15) is 0 Å². The van der Waals surface area contributed by atoms with Crippen molar-refractivity contribution < 1.29 is 0 Å². The number of thiophene rings is 1. The van der Waals surface area contributed by atoms with E-state index in [0.29, 0.717) is 0 Å². The van der Waals surface area contributed by atoms with Gasteiger partial charge in [0, 0.05) is 31.2 Å². The molecule has 0 nitrogen and oxygen atoms in total. The summed E-state index contributed by atoms with van der Waals surface area (Å²) in [6.07, 6.45) is 0. The van der Waals surface area contributed by atoms with E-state index in [1.807, 2.05) is 11.3 Å². The summed E-state index contributed by atoms with van der Waals surface area (Å²) in [4.78, 5) is 0. The SMILES string of the molecule is CC1(C)c2ccccc2-c2cc3c(sc4ccccc43)c(-c3cccc(-c4c5ccccc5c(-c5ccc6ccc(-c7ccccc7)cc6c5)c5ccccc45)c3)c21. The molecular formula is C57H38S. The minimum absolute atomic E-state index is 0.148. The Bertz CT molecular complexity index is 3410. The third-order valence-electron chi connectivity index (χ3n) is 12.8. The Balaban J connectivity index is 1.10. The number of rotatable bonds is 4. The quantitative estimate of drug-likeness (QED) is 0.157. The highest BCUT2D eigenvalue weighted by Crippen LogP contribution is 2.57. The van der Waals surface area contributed by atoms with Crippen LogP contribution in [0.15, 0.2) is 194 Å². The molecule has 0 saturated carbocycles. The normalized spacial score (nSPS) is 13.1. The van der Waals surface area contributed by atoms with Crippen LogP contribution in [0.25, 0.3) is 108 Å². The molecule has 0 radical (unpaired) electrons. The molecule has 0 amide bonds. The highest BCUT2D eigenvalue weighted by molar-refractivity contribution is 7.26. The first-order valence-electron chi connectivity index (χ1n) is 20.3. The van der Waals surface area contributed by atoms with Crippen LogP contribution in [-0.2, 0) is 5.41 Å². The number of hydrogen-bond donors (Lipinski definition) is 0. The maximum atomic E-state index is 2.49. The van der Waals surface area contributed by atoms with E-state index in [1.54, 1.807) is 0 Å². The summed E-state index contributed by atoms with van der Waals surface area (Å²) in [6, 6.07) is 72.5. The van der Waals surface area contributed by atoms with Gasteiger partial charge in [-0.1, -0.05) is 178 Å². The molecular weight excluding hydrogens is 717 g/mol. The van der Waals surface area contributed by atoms with Gasteiger partial charge in [0.25, 0.3) is 0 Å². The van der Waals surface area contributed by atoms with Crippen LogP contribution in [0.1, 0.15) is 25.0 Å². The summed E-state index contributed by atoms with van der Waals surface area (Å²) in [5, 5.41) is 10.2. The molecule has 0 atom stereocenters. The second-order valence-corrected chi connectivity index (χ2v) is 17.4. The third-order valence-corrected chi connectivity index (χ3v) is 14.0. The van der Waals surface area contributed by atoms with Gasteiger partial charge >= 0.3 is 0 Å². The van der Waals surface area contributed by atoms with Gasteiger partial charge in [0.1, 0.15) is 0 Å². The zero-order valence-electron chi connectivity index (χ0n) is 32.4. The molecule has 0 aliphatic heterocycles. The predicted molar refractivity (Wildman–Crippen MR) is 251 cm³/mol. The summed E-state index contributed by atoms with van der Waals surface area (Å²) in [5.41, 5.74) is 15.6. The van der Waals surface area contributed by atoms with E-state index >= 15 is 0 Å². The molecule has 0 fully saturated rings. The van der Waals surface area contributed by atoms with Crippen LogP contribution in [0, 0.1) is 0 Å². The van der Waals surface area contributed by atoms with Crippen LogP contribution >= 0.6 is 11.3 Å². The number of benzene rings is 10. The van der Waals surface area contributed by atoms with Crippen molar-refractivity contribution in [3.8, 4) is 55.6 Å². The highest BCUT2D eigenvalue weighted by atomic mass is 32.1. The summed E-state index contributed by atoms with van der Waals surface area (Å²) >= 11 is 1.94. The van der Waals surface area contributed by atoms with Crippen molar-refractivity contribution in [2.75, 3.05) is 0 Å². The maximum Gasteiger partial charge on any atom is 0.0437 e. The van der Waals surface area contributed by atoms with Crippen LogP contribution in [0.3, 0.4) is 0 Å². The van der Waals surface area contributed by atoms with E-state index in [2.05, 4.69) is 208 Å². The Hall–Kier alpha value is -6.80. The van der Waals surface area contributed by atoms with Crippen molar-refractivity contribution in [1.29, 1.82) is 0 Å². The number of hydrogen-bond acceptors (Lipinski definition) is 1. The molecule has 1 heteroatoms. The van der Waals surface area contributed by atoms with E-state index in [1.165, 1.54) is 119 Å². The first-order valence-corrected chi connectivity index (χ1v) is 21.1. The fourth-order valence-electron chi connectivity index (χ4n) is 10.2. The van der Waals surface area contributed by atoms with Gasteiger partial charge in [0.2, 0.25) is 0 Å². The van der Waals surface area contributed by atoms with Gasteiger partial charge in [0.05, 0.1) is 0 Å². The van der Waals surface area contributed by atoms with Crippen LogP contribution < -0.4 is 0 Å². The minimum Gasteiger partial charge on any atom is -0.135 e. The Morgan fingerprint density at radius 3 is 1.59 bits per heavy atom. The van der Waals surface area contributed by atoms with E-state index < -0.39 is 0 Å². The van der Waals surface area contributed by atoms with E-state index in [9.17, 15) is 0 Å². The molecule has 0 N–H and O–H groups in total. The van der Waals surface area contributed by atoms with E-state index in [0.717, 1.165) is 0 Å². The molecule has 1 aromatic heterocycles.